The molecule has 2 rings (SSSR count). The molecule has 0 radical (unpaired) electrons. The van der Waals surface area contributed by atoms with Gasteiger partial charge in [-0.1, -0.05) is 23.2 Å². The number of Topliss-reactive ketones (excluding diaryl/α,β-unsaturated/α-hetero) is 1. The van der Waals surface area contributed by atoms with Crippen LogP contribution in [0.1, 0.15) is 10.4 Å². The van der Waals surface area contributed by atoms with Crippen molar-refractivity contribution in [3.63, 3.8) is 0 Å². The average Bonchev–Trinajstić information content (AvgIpc) is 2.47. The SMILES string of the molecule is CS(=O)(=O)Nc1ccc(C(=O)Cn2ncc(Cl)c(Cl)c2=O)cc1. The molecule has 1 aromatic carbocycles. The van der Waals surface area contributed by atoms with Gasteiger partial charge in [0.25, 0.3) is 5.56 Å². The number of carbonyl (C=O) groups is 1. The van der Waals surface area contributed by atoms with Crippen LogP contribution in [0.25, 0.3) is 0 Å². The standard InChI is InChI=1S/C13H11Cl2N3O4S/c1-23(21,22)17-9-4-2-8(3-5-9)11(19)7-18-13(20)12(15)10(14)6-16-18/h2-6,17H,7H2,1H3. The summed E-state index contributed by atoms with van der Waals surface area (Å²) in [5.74, 6) is -0.385. The predicted molar refractivity (Wildman–Crippen MR) is 87.8 cm³/mol. The fourth-order valence-corrected chi connectivity index (χ4v) is 2.56. The van der Waals surface area contributed by atoms with Gasteiger partial charge < -0.3 is 0 Å². The normalized spacial score (nSPS) is 11.3. The van der Waals surface area contributed by atoms with E-state index in [2.05, 4.69) is 9.82 Å². The van der Waals surface area contributed by atoms with E-state index in [9.17, 15) is 18.0 Å². The van der Waals surface area contributed by atoms with Crippen LogP contribution >= 0.6 is 23.2 Å². The van der Waals surface area contributed by atoms with Crippen LogP contribution in [0.4, 0.5) is 5.69 Å². The molecule has 0 spiro atoms. The van der Waals surface area contributed by atoms with Crippen molar-refractivity contribution in [2.24, 2.45) is 0 Å². The van der Waals surface area contributed by atoms with Gasteiger partial charge in [0.15, 0.2) is 5.78 Å². The Kier molecular flexibility index (Phi) is 5.08. The summed E-state index contributed by atoms with van der Waals surface area (Å²) in [6.07, 6.45) is 2.20. The van der Waals surface area contributed by atoms with Gasteiger partial charge in [-0.2, -0.15) is 5.10 Å². The van der Waals surface area contributed by atoms with E-state index in [1.807, 2.05) is 0 Å². The molecule has 122 valence electrons. The Labute approximate surface area is 141 Å². The molecule has 1 aromatic heterocycles. The van der Waals surface area contributed by atoms with Gasteiger partial charge in [0, 0.05) is 11.3 Å². The molecule has 0 fully saturated rings. The van der Waals surface area contributed by atoms with Gasteiger partial charge in [-0.05, 0) is 24.3 Å². The van der Waals surface area contributed by atoms with E-state index < -0.39 is 15.6 Å². The minimum Gasteiger partial charge on any atom is -0.292 e. The van der Waals surface area contributed by atoms with Crippen LogP contribution in [0, 0.1) is 0 Å². The van der Waals surface area contributed by atoms with Crippen LogP contribution in [0.5, 0.6) is 0 Å². The van der Waals surface area contributed by atoms with Gasteiger partial charge in [0.1, 0.15) is 11.6 Å². The van der Waals surface area contributed by atoms with E-state index >= 15 is 0 Å². The minimum atomic E-state index is -3.39. The highest BCUT2D eigenvalue weighted by Gasteiger charge is 2.12. The van der Waals surface area contributed by atoms with E-state index in [-0.39, 0.29) is 22.4 Å². The van der Waals surface area contributed by atoms with Crippen molar-refractivity contribution in [3.05, 3.63) is 56.4 Å². The molecule has 0 saturated heterocycles. The van der Waals surface area contributed by atoms with Gasteiger partial charge >= 0.3 is 0 Å². The molecule has 0 unspecified atom stereocenters. The molecule has 0 aliphatic rings. The fourth-order valence-electron chi connectivity index (χ4n) is 1.72. The molecule has 1 N–H and O–H groups in total. The van der Waals surface area contributed by atoms with E-state index in [4.69, 9.17) is 23.2 Å². The number of hydrogen-bond acceptors (Lipinski definition) is 5. The number of halogens is 2. The number of rotatable bonds is 5. The van der Waals surface area contributed by atoms with Crippen LogP contribution in [0.3, 0.4) is 0 Å². The van der Waals surface area contributed by atoms with Crippen molar-refractivity contribution in [1.82, 2.24) is 9.78 Å². The van der Waals surface area contributed by atoms with Crippen molar-refractivity contribution < 1.29 is 13.2 Å². The maximum atomic E-state index is 12.1. The van der Waals surface area contributed by atoms with E-state index in [1.54, 1.807) is 0 Å². The average molecular weight is 376 g/mol. The molecule has 0 bridgehead atoms. The summed E-state index contributed by atoms with van der Waals surface area (Å²) in [6, 6.07) is 5.77. The highest BCUT2D eigenvalue weighted by atomic mass is 35.5. The predicted octanol–water partition coefficient (Wildman–Crippen LogP) is 1.80. The maximum Gasteiger partial charge on any atom is 0.287 e. The Morgan fingerprint density at radius 1 is 1.26 bits per heavy atom. The lowest BCUT2D eigenvalue weighted by atomic mass is 10.1. The number of nitrogens with one attached hydrogen (secondary N) is 1. The molecular formula is C13H11Cl2N3O4S. The first-order valence-corrected chi connectivity index (χ1v) is 8.84. The Morgan fingerprint density at radius 3 is 2.43 bits per heavy atom. The molecule has 10 heteroatoms. The Hall–Kier alpha value is -1.90. The first kappa shape index (κ1) is 17.5. The third-order valence-electron chi connectivity index (χ3n) is 2.75. The number of benzene rings is 1. The summed E-state index contributed by atoms with van der Waals surface area (Å²) in [5, 5.41) is 3.55. The second kappa shape index (κ2) is 6.69. The van der Waals surface area contributed by atoms with Crippen molar-refractivity contribution in [2.75, 3.05) is 11.0 Å². The smallest absolute Gasteiger partial charge is 0.287 e. The van der Waals surface area contributed by atoms with Crippen molar-refractivity contribution in [1.29, 1.82) is 0 Å². The Bertz CT molecular complexity index is 908. The third-order valence-corrected chi connectivity index (χ3v) is 4.10. The van der Waals surface area contributed by atoms with Crippen LogP contribution in [0.15, 0.2) is 35.3 Å². The quantitative estimate of drug-likeness (QED) is 0.803. The highest BCUT2D eigenvalue weighted by molar-refractivity contribution is 7.92. The third kappa shape index (κ3) is 4.54. The number of anilines is 1. The number of aromatic nitrogens is 2. The van der Waals surface area contributed by atoms with Crippen LogP contribution in [-0.4, -0.2) is 30.2 Å². The topological polar surface area (TPSA) is 98.1 Å². The zero-order valence-electron chi connectivity index (χ0n) is 11.8. The largest absolute Gasteiger partial charge is 0.292 e. The summed E-state index contributed by atoms with van der Waals surface area (Å²) in [5.41, 5.74) is -0.0411. The molecule has 1 heterocycles. The first-order chi connectivity index (χ1) is 10.7. The van der Waals surface area contributed by atoms with Crippen LogP contribution in [0.2, 0.25) is 10.0 Å². The van der Waals surface area contributed by atoms with E-state index in [0.717, 1.165) is 10.9 Å². The number of ketones is 1. The lowest BCUT2D eigenvalue weighted by Crippen LogP contribution is -2.27. The lowest BCUT2D eigenvalue weighted by molar-refractivity contribution is 0.0965. The lowest BCUT2D eigenvalue weighted by Gasteiger charge is -2.07. The van der Waals surface area contributed by atoms with Crippen molar-refractivity contribution in [2.45, 2.75) is 6.54 Å². The molecule has 0 aliphatic heterocycles. The molecule has 0 amide bonds. The number of carbonyl (C=O) groups excluding carboxylic acids is 1. The zero-order chi connectivity index (χ0) is 17.2. The second-order valence-corrected chi connectivity index (χ2v) is 7.18. The molecule has 23 heavy (non-hydrogen) atoms. The second-order valence-electron chi connectivity index (χ2n) is 4.64. The highest BCUT2D eigenvalue weighted by Crippen LogP contribution is 2.15. The number of hydrogen-bond donors (Lipinski definition) is 1. The number of nitrogens with zero attached hydrogens (tertiary/aromatic N) is 2. The molecule has 2 aromatic rings. The van der Waals surface area contributed by atoms with E-state index in [1.165, 1.54) is 30.5 Å². The van der Waals surface area contributed by atoms with Gasteiger partial charge in [0.2, 0.25) is 10.0 Å². The Morgan fingerprint density at radius 2 is 1.87 bits per heavy atom. The summed E-state index contributed by atoms with van der Waals surface area (Å²) in [6.45, 7) is -0.311. The van der Waals surface area contributed by atoms with Gasteiger partial charge in [-0.3, -0.25) is 14.3 Å². The molecule has 0 saturated carbocycles. The van der Waals surface area contributed by atoms with E-state index in [0.29, 0.717) is 11.3 Å². The minimum absolute atomic E-state index is 0.0107. The first-order valence-electron chi connectivity index (χ1n) is 6.19. The van der Waals surface area contributed by atoms with Crippen molar-refractivity contribution in [3.8, 4) is 0 Å². The molecule has 0 atom stereocenters. The summed E-state index contributed by atoms with van der Waals surface area (Å²) in [4.78, 5) is 24.0. The number of sulfonamides is 1. The van der Waals surface area contributed by atoms with Gasteiger partial charge in [-0.15, -0.1) is 0 Å². The maximum absolute atomic E-state index is 12.1. The van der Waals surface area contributed by atoms with Crippen molar-refractivity contribution >= 4 is 44.7 Å². The van der Waals surface area contributed by atoms with Crippen LogP contribution < -0.4 is 10.3 Å². The summed E-state index contributed by atoms with van der Waals surface area (Å²) < 4.78 is 25.4. The molecule has 0 aliphatic carbocycles. The fraction of sp³-hybridized carbons (Fsp3) is 0.154. The monoisotopic (exact) mass is 375 g/mol. The van der Waals surface area contributed by atoms with Gasteiger partial charge in [-0.25, -0.2) is 13.1 Å². The molecular weight excluding hydrogens is 365 g/mol. The summed E-state index contributed by atoms with van der Waals surface area (Å²) >= 11 is 11.4. The van der Waals surface area contributed by atoms with Gasteiger partial charge in [0.05, 0.1) is 17.5 Å². The zero-order valence-corrected chi connectivity index (χ0v) is 14.1. The summed E-state index contributed by atoms with van der Waals surface area (Å²) in [7, 11) is -3.39. The van der Waals surface area contributed by atoms with Crippen LogP contribution in [-0.2, 0) is 16.6 Å². The molecule has 7 nitrogen and oxygen atoms in total. The Balaban J connectivity index is 2.19.